The summed E-state index contributed by atoms with van der Waals surface area (Å²) in [7, 11) is 0. The fraction of sp³-hybridized carbons (Fsp3) is 0.125. The molecule has 0 saturated heterocycles. The lowest BCUT2D eigenvalue weighted by Crippen LogP contribution is -2.34. The van der Waals surface area contributed by atoms with Crippen LogP contribution in [0.1, 0.15) is 21.5 Å². The van der Waals surface area contributed by atoms with Crippen molar-refractivity contribution in [1.82, 2.24) is 10.6 Å². The lowest BCUT2D eigenvalue weighted by molar-refractivity contribution is 0.0697. The predicted octanol–water partition coefficient (Wildman–Crippen LogP) is 3.04. The van der Waals surface area contributed by atoms with Crippen LogP contribution in [0.3, 0.4) is 0 Å². The maximum absolute atomic E-state index is 11.7. The summed E-state index contributed by atoms with van der Waals surface area (Å²) in [6.45, 7) is 0.700. The van der Waals surface area contributed by atoms with Crippen LogP contribution in [0.5, 0.6) is 0 Å². The van der Waals surface area contributed by atoms with Gasteiger partial charge in [-0.3, -0.25) is 0 Å². The molecule has 0 bridgehead atoms. The molecule has 22 heavy (non-hydrogen) atoms. The molecule has 0 atom stereocenters. The second-order valence-corrected chi connectivity index (χ2v) is 5.10. The van der Waals surface area contributed by atoms with Crippen molar-refractivity contribution in [1.29, 1.82) is 0 Å². The van der Waals surface area contributed by atoms with Crippen LogP contribution < -0.4 is 10.6 Å². The quantitative estimate of drug-likeness (QED) is 0.793. The van der Waals surface area contributed by atoms with Crippen LogP contribution in [0.4, 0.5) is 4.79 Å². The summed E-state index contributed by atoms with van der Waals surface area (Å²) in [5.74, 6) is -0.973. The van der Waals surface area contributed by atoms with Crippen molar-refractivity contribution in [3.05, 3.63) is 70.2 Å². The number of carbonyl (C=O) groups excluding carboxylic acids is 1. The topological polar surface area (TPSA) is 78.4 Å². The minimum Gasteiger partial charge on any atom is -0.478 e. The smallest absolute Gasteiger partial charge is 0.335 e. The number of amides is 2. The van der Waals surface area contributed by atoms with Crippen LogP contribution in [0, 0.1) is 0 Å². The van der Waals surface area contributed by atoms with Crippen LogP contribution in [0.2, 0.25) is 5.02 Å². The van der Waals surface area contributed by atoms with Gasteiger partial charge in [-0.05, 0) is 35.4 Å². The first-order valence-electron chi connectivity index (χ1n) is 6.63. The van der Waals surface area contributed by atoms with Crippen molar-refractivity contribution in [2.24, 2.45) is 0 Å². The van der Waals surface area contributed by atoms with Crippen molar-refractivity contribution >= 4 is 23.6 Å². The Morgan fingerprint density at radius 2 is 1.59 bits per heavy atom. The Balaban J connectivity index is 1.79. The highest BCUT2D eigenvalue weighted by atomic mass is 35.5. The van der Waals surface area contributed by atoms with Crippen molar-refractivity contribution in [3.63, 3.8) is 0 Å². The number of benzene rings is 2. The SMILES string of the molecule is O=C(NCc1ccc(C(=O)O)cc1)NCc1cccc(Cl)c1. The average Bonchev–Trinajstić information content (AvgIpc) is 2.51. The Bertz CT molecular complexity index is 671. The van der Waals surface area contributed by atoms with E-state index in [2.05, 4.69) is 10.6 Å². The van der Waals surface area contributed by atoms with Gasteiger partial charge in [0.05, 0.1) is 5.56 Å². The number of carbonyl (C=O) groups is 2. The average molecular weight is 319 g/mol. The zero-order chi connectivity index (χ0) is 15.9. The summed E-state index contributed by atoms with van der Waals surface area (Å²) in [6.07, 6.45) is 0. The van der Waals surface area contributed by atoms with Crippen LogP contribution >= 0.6 is 11.6 Å². The fourth-order valence-corrected chi connectivity index (χ4v) is 2.05. The molecule has 5 nitrogen and oxygen atoms in total. The molecule has 0 aliphatic rings. The van der Waals surface area contributed by atoms with E-state index in [1.807, 2.05) is 12.1 Å². The van der Waals surface area contributed by atoms with Gasteiger partial charge < -0.3 is 15.7 Å². The first-order valence-corrected chi connectivity index (χ1v) is 7.01. The second-order valence-electron chi connectivity index (χ2n) is 4.67. The molecule has 0 fully saturated rings. The molecule has 0 heterocycles. The van der Waals surface area contributed by atoms with Gasteiger partial charge in [0.15, 0.2) is 0 Å². The molecule has 2 amide bonds. The molecule has 0 aromatic heterocycles. The summed E-state index contributed by atoms with van der Waals surface area (Å²) in [6, 6.07) is 13.3. The molecule has 114 valence electrons. The summed E-state index contributed by atoms with van der Waals surface area (Å²) in [5, 5.41) is 14.9. The van der Waals surface area contributed by atoms with Gasteiger partial charge >= 0.3 is 12.0 Å². The van der Waals surface area contributed by atoms with Gasteiger partial charge in [0.2, 0.25) is 0 Å². The minimum absolute atomic E-state index is 0.217. The molecule has 0 unspecified atom stereocenters. The first kappa shape index (κ1) is 15.9. The molecule has 0 saturated carbocycles. The van der Waals surface area contributed by atoms with Crippen molar-refractivity contribution in [2.75, 3.05) is 0 Å². The Kier molecular flexibility index (Phi) is 5.38. The Morgan fingerprint density at radius 3 is 2.18 bits per heavy atom. The summed E-state index contributed by atoms with van der Waals surface area (Å²) < 4.78 is 0. The molecule has 0 aliphatic carbocycles. The van der Waals surface area contributed by atoms with E-state index in [0.717, 1.165) is 11.1 Å². The third-order valence-electron chi connectivity index (χ3n) is 3.00. The van der Waals surface area contributed by atoms with Crippen LogP contribution in [-0.4, -0.2) is 17.1 Å². The van der Waals surface area contributed by atoms with Crippen molar-refractivity contribution < 1.29 is 14.7 Å². The lowest BCUT2D eigenvalue weighted by atomic mass is 10.1. The number of carboxylic acids is 1. The normalized spacial score (nSPS) is 10.0. The van der Waals surface area contributed by atoms with E-state index in [4.69, 9.17) is 16.7 Å². The molecule has 2 aromatic carbocycles. The van der Waals surface area contributed by atoms with E-state index in [9.17, 15) is 9.59 Å². The maximum Gasteiger partial charge on any atom is 0.335 e. The molecule has 6 heteroatoms. The van der Waals surface area contributed by atoms with Crippen LogP contribution in [0.15, 0.2) is 48.5 Å². The third-order valence-corrected chi connectivity index (χ3v) is 3.23. The van der Waals surface area contributed by atoms with Gasteiger partial charge in [-0.2, -0.15) is 0 Å². The first-order chi connectivity index (χ1) is 10.5. The Morgan fingerprint density at radius 1 is 0.955 bits per heavy atom. The zero-order valence-electron chi connectivity index (χ0n) is 11.7. The van der Waals surface area contributed by atoms with Gasteiger partial charge in [0.1, 0.15) is 0 Å². The van der Waals surface area contributed by atoms with E-state index in [-0.39, 0.29) is 11.6 Å². The second kappa shape index (κ2) is 7.47. The van der Waals surface area contributed by atoms with Crippen molar-refractivity contribution in [2.45, 2.75) is 13.1 Å². The highest BCUT2D eigenvalue weighted by Crippen LogP contribution is 2.10. The monoisotopic (exact) mass is 318 g/mol. The zero-order valence-corrected chi connectivity index (χ0v) is 12.4. The van der Waals surface area contributed by atoms with Crippen molar-refractivity contribution in [3.8, 4) is 0 Å². The number of halogens is 1. The number of hydrogen-bond donors (Lipinski definition) is 3. The number of carboxylic acid groups (broad SMARTS) is 1. The van der Waals surface area contributed by atoms with E-state index in [1.165, 1.54) is 12.1 Å². The van der Waals surface area contributed by atoms with Gasteiger partial charge in [0, 0.05) is 18.1 Å². The largest absolute Gasteiger partial charge is 0.478 e. The van der Waals surface area contributed by atoms with Crippen LogP contribution in [-0.2, 0) is 13.1 Å². The summed E-state index contributed by atoms with van der Waals surface area (Å²) in [5.41, 5.74) is 1.95. The molecular formula is C16H15ClN2O3. The van der Waals surface area contributed by atoms with Crippen LogP contribution in [0.25, 0.3) is 0 Å². The molecule has 0 spiro atoms. The number of aromatic carboxylic acids is 1. The molecule has 0 radical (unpaired) electrons. The highest BCUT2D eigenvalue weighted by molar-refractivity contribution is 6.30. The lowest BCUT2D eigenvalue weighted by Gasteiger charge is -2.08. The van der Waals surface area contributed by atoms with Gasteiger partial charge in [-0.15, -0.1) is 0 Å². The number of rotatable bonds is 5. The number of hydrogen-bond acceptors (Lipinski definition) is 2. The standard InChI is InChI=1S/C16H15ClN2O3/c17-14-3-1-2-12(8-14)10-19-16(22)18-9-11-4-6-13(7-5-11)15(20)21/h1-8H,9-10H2,(H,20,21)(H2,18,19,22). The van der Waals surface area contributed by atoms with Gasteiger partial charge in [-0.25, -0.2) is 9.59 Å². The molecule has 2 rings (SSSR count). The molecule has 3 N–H and O–H groups in total. The van der Waals surface area contributed by atoms with Gasteiger partial charge in [0.25, 0.3) is 0 Å². The summed E-state index contributed by atoms with van der Waals surface area (Å²) >= 11 is 5.87. The molecular weight excluding hydrogens is 304 g/mol. The highest BCUT2D eigenvalue weighted by Gasteiger charge is 2.04. The minimum atomic E-state index is -0.973. The maximum atomic E-state index is 11.7. The van der Waals surface area contributed by atoms with E-state index < -0.39 is 5.97 Å². The number of urea groups is 1. The van der Waals surface area contributed by atoms with E-state index in [1.54, 1.807) is 24.3 Å². The summed E-state index contributed by atoms with van der Waals surface area (Å²) in [4.78, 5) is 22.4. The Labute approximate surface area is 132 Å². The molecule has 0 aliphatic heterocycles. The van der Waals surface area contributed by atoms with E-state index >= 15 is 0 Å². The third kappa shape index (κ3) is 4.79. The fourth-order valence-electron chi connectivity index (χ4n) is 1.84. The Hall–Kier alpha value is -2.53. The predicted molar refractivity (Wildman–Crippen MR) is 83.9 cm³/mol. The number of nitrogens with one attached hydrogen (secondary N) is 2. The molecule has 2 aromatic rings. The van der Waals surface area contributed by atoms with Gasteiger partial charge in [-0.1, -0.05) is 35.9 Å². The van der Waals surface area contributed by atoms with E-state index in [0.29, 0.717) is 18.1 Å².